The first kappa shape index (κ1) is 20.9. The van der Waals surface area contributed by atoms with Crippen LogP contribution in [0.25, 0.3) is 5.65 Å². The van der Waals surface area contributed by atoms with E-state index in [0.717, 1.165) is 0 Å². The largest absolute Gasteiger partial charge is 0.497 e. The molecule has 32 heavy (non-hydrogen) atoms. The number of ether oxygens (including phenoxy) is 2. The van der Waals surface area contributed by atoms with Crippen molar-refractivity contribution < 1.29 is 19.1 Å². The summed E-state index contributed by atoms with van der Waals surface area (Å²) in [6.07, 6.45) is 1.84. The number of carbonyl (C=O) groups excluding carboxylic acids is 2. The van der Waals surface area contributed by atoms with E-state index in [-0.39, 0.29) is 25.0 Å². The molecule has 9 heteroatoms. The Labute approximate surface area is 184 Å². The number of nitrogens with one attached hydrogen (secondary N) is 2. The van der Waals surface area contributed by atoms with Gasteiger partial charge in [-0.05, 0) is 48.5 Å². The highest BCUT2D eigenvalue weighted by Crippen LogP contribution is 2.17. The minimum Gasteiger partial charge on any atom is -0.497 e. The summed E-state index contributed by atoms with van der Waals surface area (Å²) in [6, 6.07) is 19.2. The molecule has 0 saturated carbocycles. The normalized spacial score (nSPS) is 10.5. The van der Waals surface area contributed by atoms with Crippen molar-refractivity contribution in [3.05, 3.63) is 84.3 Å². The van der Waals surface area contributed by atoms with Gasteiger partial charge in [-0.3, -0.25) is 14.0 Å². The summed E-state index contributed by atoms with van der Waals surface area (Å²) >= 11 is 0. The van der Waals surface area contributed by atoms with Crippen LogP contribution >= 0.6 is 0 Å². The van der Waals surface area contributed by atoms with E-state index < -0.39 is 0 Å². The van der Waals surface area contributed by atoms with E-state index in [1.165, 1.54) is 0 Å². The summed E-state index contributed by atoms with van der Waals surface area (Å²) in [4.78, 5) is 24.5. The number of methoxy groups -OCH3 is 1. The quantitative estimate of drug-likeness (QED) is 0.444. The van der Waals surface area contributed by atoms with Crippen molar-refractivity contribution in [3.63, 3.8) is 0 Å². The number of carbonyl (C=O) groups is 2. The van der Waals surface area contributed by atoms with Gasteiger partial charge in [0.25, 0.3) is 11.8 Å². The van der Waals surface area contributed by atoms with Crippen LogP contribution in [0.3, 0.4) is 0 Å². The Kier molecular flexibility index (Phi) is 6.26. The third-order valence-electron chi connectivity index (χ3n) is 4.63. The summed E-state index contributed by atoms with van der Waals surface area (Å²) in [5.74, 6) is 1.21. The van der Waals surface area contributed by atoms with Gasteiger partial charge in [-0.15, -0.1) is 10.2 Å². The second kappa shape index (κ2) is 9.61. The number of nitrogens with zero attached hydrogens (tertiary/aromatic N) is 3. The smallest absolute Gasteiger partial charge is 0.262 e. The molecule has 0 fully saturated rings. The van der Waals surface area contributed by atoms with Crippen molar-refractivity contribution in [2.45, 2.75) is 6.54 Å². The Bertz CT molecular complexity index is 1240. The fourth-order valence-electron chi connectivity index (χ4n) is 3.02. The van der Waals surface area contributed by atoms with Gasteiger partial charge in [0.05, 0.1) is 13.7 Å². The number of amides is 2. The third kappa shape index (κ3) is 5.01. The van der Waals surface area contributed by atoms with Crippen LogP contribution in [0.1, 0.15) is 16.2 Å². The van der Waals surface area contributed by atoms with Crippen LogP contribution in [0, 0.1) is 0 Å². The van der Waals surface area contributed by atoms with Crippen molar-refractivity contribution in [3.8, 4) is 11.5 Å². The fraction of sp³-hybridized carbons (Fsp3) is 0.130. The molecular formula is C23H21N5O4. The SMILES string of the molecule is COc1cccc(NC(=O)COc2ccc(C(=O)NCc3nnc4ccccn34)cc2)c1. The van der Waals surface area contributed by atoms with Crippen LogP contribution in [0.5, 0.6) is 11.5 Å². The molecule has 2 aromatic heterocycles. The number of aromatic nitrogens is 3. The van der Waals surface area contributed by atoms with Crippen molar-refractivity contribution in [2.75, 3.05) is 19.0 Å². The molecule has 0 atom stereocenters. The van der Waals surface area contributed by atoms with E-state index >= 15 is 0 Å². The number of anilines is 1. The molecule has 0 spiro atoms. The summed E-state index contributed by atoms with van der Waals surface area (Å²) < 4.78 is 12.4. The molecule has 4 aromatic rings. The second-order valence-electron chi connectivity index (χ2n) is 6.82. The van der Waals surface area contributed by atoms with Gasteiger partial charge in [0.1, 0.15) is 11.5 Å². The molecule has 0 aliphatic rings. The van der Waals surface area contributed by atoms with Crippen LogP contribution in [0.2, 0.25) is 0 Å². The van der Waals surface area contributed by atoms with Crippen LogP contribution in [-0.2, 0) is 11.3 Å². The number of hydrogen-bond donors (Lipinski definition) is 2. The van der Waals surface area contributed by atoms with Crippen LogP contribution in [0.15, 0.2) is 72.9 Å². The molecule has 0 bridgehead atoms. The Balaban J connectivity index is 1.27. The van der Waals surface area contributed by atoms with E-state index in [9.17, 15) is 9.59 Å². The van der Waals surface area contributed by atoms with Gasteiger partial charge in [0.15, 0.2) is 18.1 Å². The van der Waals surface area contributed by atoms with Crippen LogP contribution < -0.4 is 20.1 Å². The van der Waals surface area contributed by atoms with Crippen molar-refractivity contribution in [1.29, 1.82) is 0 Å². The second-order valence-corrected chi connectivity index (χ2v) is 6.82. The predicted molar refractivity (Wildman–Crippen MR) is 118 cm³/mol. The Hall–Kier alpha value is -4.40. The molecule has 0 aliphatic carbocycles. The summed E-state index contributed by atoms with van der Waals surface area (Å²) in [5, 5.41) is 13.7. The minimum absolute atomic E-state index is 0.164. The highest BCUT2D eigenvalue weighted by Gasteiger charge is 2.10. The molecule has 0 saturated heterocycles. The van der Waals surface area contributed by atoms with Crippen LogP contribution in [-0.4, -0.2) is 40.1 Å². The maximum absolute atomic E-state index is 12.4. The molecule has 162 valence electrons. The lowest BCUT2D eigenvalue weighted by Crippen LogP contribution is -2.24. The average molecular weight is 431 g/mol. The number of fused-ring (bicyclic) bond motifs is 1. The zero-order valence-corrected chi connectivity index (χ0v) is 17.3. The Morgan fingerprint density at radius 1 is 0.969 bits per heavy atom. The van der Waals surface area contributed by atoms with Crippen LogP contribution in [0.4, 0.5) is 5.69 Å². The van der Waals surface area contributed by atoms with Gasteiger partial charge in [-0.25, -0.2) is 0 Å². The monoisotopic (exact) mass is 431 g/mol. The van der Waals surface area contributed by atoms with Gasteiger partial charge < -0.3 is 20.1 Å². The van der Waals surface area contributed by atoms with Crippen molar-refractivity contribution in [2.24, 2.45) is 0 Å². The standard InChI is InChI=1S/C23H21N5O4/c1-31-19-6-4-5-17(13-19)25-22(29)15-32-18-10-8-16(9-11-18)23(30)24-14-21-27-26-20-7-2-3-12-28(20)21/h2-13H,14-15H2,1H3,(H,24,30)(H,25,29). The number of benzene rings is 2. The molecule has 9 nitrogen and oxygen atoms in total. The van der Waals surface area contributed by atoms with Crippen molar-refractivity contribution >= 4 is 23.1 Å². The Morgan fingerprint density at radius 3 is 2.62 bits per heavy atom. The molecule has 2 heterocycles. The zero-order valence-electron chi connectivity index (χ0n) is 17.3. The minimum atomic E-state index is -0.305. The third-order valence-corrected chi connectivity index (χ3v) is 4.63. The number of hydrogen-bond acceptors (Lipinski definition) is 6. The summed E-state index contributed by atoms with van der Waals surface area (Å²) in [6.45, 7) is 0.0788. The van der Waals surface area contributed by atoms with E-state index in [2.05, 4.69) is 20.8 Å². The lowest BCUT2D eigenvalue weighted by molar-refractivity contribution is -0.118. The molecule has 2 amide bonds. The zero-order chi connectivity index (χ0) is 22.3. The van der Waals surface area contributed by atoms with Gasteiger partial charge >= 0.3 is 0 Å². The van der Waals surface area contributed by atoms with Gasteiger partial charge in [-0.2, -0.15) is 0 Å². The van der Waals surface area contributed by atoms with E-state index in [1.54, 1.807) is 55.6 Å². The summed E-state index contributed by atoms with van der Waals surface area (Å²) in [5.41, 5.74) is 1.80. The first-order valence-electron chi connectivity index (χ1n) is 9.86. The molecule has 0 unspecified atom stereocenters. The van der Waals surface area contributed by atoms with Gasteiger partial charge in [-0.1, -0.05) is 12.1 Å². The average Bonchev–Trinajstić information content (AvgIpc) is 3.25. The maximum atomic E-state index is 12.4. The first-order valence-corrected chi connectivity index (χ1v) is 9.86. The fourth-order valence-corrected chi connectivity index (χ4v) is 3.02. The molecule has 0 aliphatic heterocycles. The topological polar surface area (TPSA) is 107 Å². The Morgan fingerprint density at radius 2 is 1.81 bits per heavy atom. The number of pyridine rings is 1. The van der Waals surface area contributed by atoms with E-state index in [1.807, 2.05) is 28.8 Å². The highest BCUT2D eigenvalue weighted by atomic mass is 16.5. The van der Waals surface area contributed by atoms with Gasteiger partial charge in [0, 0.05) is 23.5 Å². The first-order chi connectivity index (χ1) is 15.6. The maximum Gasteiger partial charge on any atom is 0.262 e. The number of rotatable bonds is 8. The molecule has 2 aromatic carbocycles. The van der Waals surface area contributed by atoms with Crippen molar-refractivity contribution in [1.82, 2.24) is 19.9 Å². The van der Waals surface area contributed by atoms with Gasteiger partial charge in [0.2, 0.25) is 0 Å². The highest BCUT2D eigenvalue weighted by molar-refractivity contribution is 5.94. The van der Waals surface area contributed by atoms with E-state index in [4.69, 9.17) is 9.47 Å². The molecule has 0 radical (unpaired) electrons. The molecule has 4 rings (SSSR count). The van der Waals surface area contributed by atoms with E-state index in [0.29, 0.717) is 34.2 Å². The molecule has 2 N–H and O–H groups in total. The predicted octanol–water partition coefficient (Wildman–Crippen LogP) is 2.69. The lowest BCUT2D eigenvalue weighted by Gasteiger charge is -2.09. The molecular weight excluding hydrogens is 410 g/mol. The summed E-state index contributed by atoms with van der Waals surface area (Å²) in [7, 11) is 1.56. The lowest BCUT2D eigenvalue weighted by atomic mass is 10.2.